The largest absolute Gasteiger partial charge is 0.328 e. The predicted octanol–water partition coefficient (Wildman–Crippen LogP) is 1.27. The average Bonchev–Trinajstić information content (AvgIpc) is 2.68. The van der Waals surface area contributed by atoms with Gasteiger partial charge in [-0.25, -0.2) is 0 Å². The van der Waals surface area contributed by atoms with Crippen molar-refractivity contribution in [2.24, 2.45) is 0 Å². The van der Waals surface area contributed by atoms with E-state index in [-0.39, 0.29) is 11.8 Å². The van der Waals surface area contributed by atoms with Crippen molar-refractivity contribution in [3.8, 4) is 0 Å². The van der Waals surface area contributed by atoms with E-state index in [0.717, 1.165) is 43.3 Å². The van der Waals surface area contributed by atoms with Crippen LogP contribution in [0.4, 0.5) is 5.69 Å². The van der Waals surface area contributed by atoms with Crippen molar-refractivity contribution in [1.29, 1.82) is 0 Å². The van der Waals surface area contributed by atoms with E-state index in [1.54, 1.807) is 0 Å². The lowest BCUT2D eigenvalue weighted by atomic mass is 10.1. The molecule has 0 atom stereocenters. The zero-order chi connectivity index (χ0) is 17.9. The van der Waals surface area contributed by atoms with E-state index in [0.29, 0.717) is 11.3 Å². The molecule has 2 heterocycles. The van der Waals surface area contributed by atoms with Gasteiger partial charge in [0.1, 0.15) is 6.54 Å². The van der Waals surface area contributed by atoms with Crippen molar-refractivity contribution < 1.29 is 14.5 Å². The molecule has 1 saturated heterocycles. The van der Waals surface area contributed by atoms with Gasteiger partial charge >= 0.3 is 0 Å². The van der Waals surface area contributed by atoms with Crippen LogP contribution in [-0.4, -0.2) is 48.6 Å². The van der Waals surface area contributed by atoms with Gasteiger partial charge in [-0.1, -0.05) is 30.3 Å². The topological polar surface area (TPSA) is 53.9 Å². The number of carbonyl (C=O) groups is 2. The Morgan fingerprint density at radius 3 is 2.65 bits per heavy atom. The molecule has 0 spiro atoms. The maximum absolute atomic E-state index is 12.8. The fraction of sp³-hybridized carbons (Fsp3) is 0.300. The molecular weight excluding hydrogens is 346 g/mol. The van der Waals surface area contributed by atoms with Crippen molar-refractivity contribution in [3.63, 3.8) is 0 Å². The molecule has 2 aliphatic heterocycles. The van der Waals surface area contributed by atoms with Crippen LogP contribution < -0.4 is 10.2 Å². The second kappa shape index (κ2) is 7.51. The highest BCUT2D eigenvalue weighted by Gasteiger charge is 2.25. The van der Waals surface area contributed by atoms with E-state index in [9.17, 15) is 9.59 Å². The number of piperazine rings is 1. The summed E-state index contributed by atoms with van der Waals surface area (Å²) in [4.78, 5) is 28.9. The van der Waals surface area contributed by atoms with E-state index >= 15 is 0 Å². The van der Waals surface area contributed by atoms with Gasteiger partial charge in [0, 0.05) is 16.0 Å². The Bertz CT molecular complexity index is 817. The Hall–Kier alpha value is -2.31. The van der Waals surface area contributed by atoms with Gasteiger partial charge in [-0.3, -0.25) is 9.59 Å². The quantitative estimate of drug-likeness (QED) is 0.858. The number of rotatable bonds is 3. The molecule has 2 amide bonds. The molecule has 0 bridgehead atoms. The molecule has 0 unspecified atom stereocenters. The van der Waals surface area contributed by atoms with E-state index in [1.165, 1.54) is 22.2 Å². The second-order valence-electron chi connectivity index (χ2n) is 6.75. The molecule has 0 aromatic heterocycles. The second-order valence-corrected chi connectivity index (χ2v) is 7.77. The van der Waals surface area contributed by atoms with E-state index < -0.39 is 0 Å². The number of fused-ring (bicyclic) bond motifs is 1. The molecule has 6 heteroatoms. The van der Waals surface area contributed by atoms with E-state index in [4.69, 9.17) is 0 Å². The first kappa shape index (κ1) is 17.1. The monoisotopic (exact) mass is 368 g/mol. The first-order chi connectivity index (χ1) is 12.7. The first-order valence-electron chi connectivity index (χ1n) is 8.92. The Morgan fingerprint density at radius 1 is 1.12 bits per heavy atom. The molecule has 2 aromatic carbocycles. The zero-order valence-electron chi connectivity index (χ0n) is 14.5. The van der Waals surface area contributed by atoms with Gasteiger partial charge in [0.05, 0.1) is 37.6 Å². The lowest BCUT2D eigenvalue weighted by molar-refractivity contribution is -0.917. The third-order valence-electron chi connectivity index (χ3n) is 4.91. The Labute approximate surface area is 157 Å². The number of carbonyl (C=O) groups excluding carboxylic acids is 2. The van der Waals surface area contributed by atoms with Crippen LogP contribution in [0.5, 0.6) is 0 Å². The van der Waals surface area contributed by atoms with Crippen molar-refractivity contribution in [3.05, 3.63) is 59.7 Å². The van der Waals surface area contributed by atoms with Gasteiger partial charge in [0.25, 0.3) is 5.91 Å². The van der Waals surface area contributed by atoms with Crippen LogP contribution >= 0.6 is 11.8 Å². The number of amides is 2. The summed E-state index contributed by atoms with van der Waals surface area (Å²) in [5, 5.41) is 2.86. The smallest absolute Gasteiger partial charge is 0.254 e. The number of hydrogen-bond donors (Lipinski definition) is 2. The molecular formula is C20H22N3O2S+. The predicted molar refractivity (Wildman–Crippen MR) is 103 cm³/mol. The number of nitrogens with one attached hydrogen (secondary N) is 2. The summed E-state index contributed by atoms with van der Waals surface area (Å²) >= 11 is 1.51. The van der Waals surface area contributed by atoms with Crippen LogP contribution in [0.15, 0.2) is 53.4 Å². The average molecular weight is 368 g/mol. The third-order valence-corrected chi connectivity index (χ3v) is 5.99. The maximum Gasteiger partial charge on any atom is 0.254 e. The van der Waals surface area contributed by atoms with Crippen LogP contribution in [0.1, 0.15) is 15.9 Å². The summed E-state index contributed by atoms with van der Waals surface area (Å²) in [6.45, 7) is 4.44. The van der Waals surface area contributed by atoms with Gasteiger partial charge < -0.3 is 15.1 Å². The minimum atomic E-state index is -0.00905. The van der Waals surface area contributed by atoms with Gasteiger partial charge in [-0.05, 0) is 18.2 Å². The summed E-state index contributed by atoms with van der Waals surface area (Å²) in [5.74, 6) is 0.480. The highest BCUT2D eigenvalue weighted by atomic mass is 32.2. The number of quaternary nitrogens is 1. The van der Waals surface area contributed by atoms with Crippen molar-refractivity contribution in [2.75, 3.05) is 37.2 Å². The van der Waals surface area contributed by atoms with Crippen molar-refractivity contribution in [2.45, 2.75) is 11.4 Å². The third kappa shape index (κ3) is 3.76. The number of hydrogen-bond acceptors (Lipinski definition) is 3. The molecule has 0 aliphatic carbocycles. The number of nitrogens with zero attached hydrogens (tertiary/aromatic N) is 1. The molecule has 5 nitrogen and oxygen atoms in total. The first-order valence-corrected chi connectivity index (χ1v) is 9.91. The van der Waals surface area contributed by atoms with Crippen LogP contribution in [-0.2, 0) is 11.3 Å². The molecule has 0 saturated carbocycles. The van der Waals surface area contributed by atoms with Gasteiger partial charge in [-0.2, -0.15) is 0 Å². The molecule has 134 valence electrons. The van der Waals surface area contributed by atoms with Crippen LogP contribution in [0.25, 0.3) is 0 Å². The van der Waals surface area contributed by atoms with Gasteiger partial charge in [-0.15, -0.1) is 11.8 Å². The van der Waals surface area contributed by atoms with Crippen molar-refractivity contribution in [1.82, 2.24) is 4.90 Å². The zero-order valence-corrected chi connectivity index (χ0v) is 15.3. The Kier molecular flexibility index (Phi) is 4.95. The minimum absolute atomic E-state index is 0.00905. The van der Waals surface area contributed by atoms with Crippen LogP contribution in [0.2, 0.25) is 0 Å². The highest BCUT2D eigenvalue weighted by molar-refractivity contribution is 8.00. The number of benzene rings is 2. The number of thioether (sulfide) groups is 1. The Balaban J connectivity index is 1.38. The highest BCUT2D eigenvalue weighted by Crippen LogP contribution is 2.32. The Morgan fingerprint density at radius 2 is 1.88 bits per heavy atom. The number of anilines is 1. The molecule has 2 aromatic rings. The van der Waals surface area contributed by atoms with Crippen LogP contribution in [0, 0.1) is 0 Å². The van der Waals surface area contributed by atoms with E-state index in [1.807, 2.05) is 29.2 Å². The normalized spacial score (nSPS) is 17.5. The fourth-order valence-electron chi connectivity index (χ4n) is 3.49. The maximum atomic E-state index is 12.8. The summed E-state index contributed by atoms with van der Waals surface area (Å²) in [5.41, 5.74) is 2.74. The SMILES string of the molecule is O=C1CSc2ccc(C(=O)N3CC[NH+](Cc4ccccc4)CC3)cc2N1. The molecule has 4 rings (SSSR count). The van der Waals surface area contributed by atoms with Crippen LogP contribution in [0.3, 0.4) is 0 Å². The molecule has 26 heavy (non-hydrogen) atoms. The molecule has 2 N–H and O–H groups in total. The van der Waals surface area contributed by atoms with Crippen molar-refractivity contribution >= 4 is 29.3 Å². The lowest BCUT2D eigenvalue weighted by Crippen LogP contribution is -3.13. The molecule has 0 radical (unpaired) electrons. The van der Waals surface area contributed by atoms with Gasteiger partial charge in [0.15, 0.2) is 0 Å². The summed E-state index contributed by atoms with van der Waals surface area (Å²) in [6.07, 6.45) is 0. The summed E-state index contributed by atoms with van der Waals surface area (Å²) in [7, 11) is 0. The summed E-state index contributed by atoms with van der Waals surface area (Å²) in [6, 6.07) is 16.1. The van der Waals surface area contributed by atoms with Gasteiger partial charge in [0.2, 0.25) is 5.91 Å². The minimum Gasteiger partial charge on any atom is -0.328 e. The molecule has 2 aliphatic rings. The molecule has 1 fully saturated rings. The standard InChI is InChI=1S/C20H21N3O2S/c24-19-14-26-18-7-6-16(12-17(18)21-19)20(25)23-10-8-22(9-11-23)13-15-4-2-1-3-5-15/h1-7,12H,8-11,13-14H2,(H,21,24)/p+1. The fourth-order valence-corrected chi connectivity index (χ4v) is 4.27. The lowest BCUT2D eigenvalue weighted by Gasteiger charge is -2.32. The summed E-state index contributed by atoms with van der Waals surface area (Å²) < 4.78 is 0. The van der Waals surface area contributed by atoms with E-state index in [2.05, 4.69) is 29.6 Å².